The summed E-state index contributed by atoms with van der Waals surface area (Å²) in [6, 6.07) is 0.949. The molecule has 1 aliphatic rings. The van der Waals surface area contributed by atoms with E-state index in [1.54, 1.807) is 6.92 Å². The summed E-state index contributed by atoms with van der Waals surface area (Å²) in [5, 5.41) is 1.12. The van der Waals surface area contributed by atoms with Crippen LogP contribution in [0.5, 0.6) is 0 Å². The molecule has 8 nitrogen and oxygen atoms in total. The number of hydrazine groups is 1. The zero-order valence-corrected chi connectivity index (χ0v) is 8.97. The topological polar surface area (TPSA) is 119 Å². The second-order valence-electron chi connectivity index (χ2n) is 3.36. The van der Waals surface area contributed by atoms with E-state index in [4.69, 9.17) is 5.73 Å². The Balaban J connectivity index is 2.21. The molecule has 0 spiro atoms. The maximum Gasteiger partial charge on any atom is 0.526 e. The fraction of sp³-hybridized carbons (Fsp3) is 0.111. The van der Waals surface area contributed by atoms with Crippen LogP contribution in [0.25, 0.3) is 0 Å². The van der Waals surface area contributed by atoms with E-state index >= 15 is 0 Å². The number of nitrogens with zero attached hydrogens (tertiary/aromatic N) is 3. The van der Waals surface area contributed by atoms with Crippen LogP contribution in [0.1, 0.15) is 6.92 Å². The van der Waals surface area contributed by atoms with Crippen LogP contribution in [0.15, 0.2) is 33.8 Å². The Kier molecular flexibility index (Phi) is 2.71. The number of nitrogens with two attached hydrogens (primary N) is 1. The number of anilines is 1. The third kappa shape index (κ3) is 2.37. The Morgan fingerprint density at radius 3 is 2.94 bits per heavy atom. The quantitative estimate of drug-likeness (QED) is 0.603. The van der Waals surface area contributed by atoms with Crippen LogP contribution >= 0.6 is 0 Å². The second kappa shape index (κ2) is 4.18. The molecule has 87 valence electrons. The molecule has 0 saturated carbocycles. The van der Waals surface area contributed by atoms with E-state index < -0.39 is 11.7 Å². The van der Waals surface area contributed by atoms with Crippen LogP contribution in [-0.2, 0) is 0 Å². The molecule has 4 N–H and O–H groups in total. The van der Waals surface area contributed by atoms with Crippen molar-refractivity contribution in [2.75, 3.05) is 5.43 Å². The van der Waals surface area contributed by atoms with Gasteiger partial charge in [0.1, 0.15) is 5.84 Å². The Hall–Kier alpha value is -2.48. The molecule has 0 atom stereocenters. The minimum absolute atomic E-state index is 0.177. The number of urea groups is 1. The van der Waals surface area contributed by atoms with Gasteiger partial charge < -0.3 is 5.73 Å². The number of aromatic amines is 1. The maximum atomic E-state index is 11.5. The van der Waals surface area contributed by atoms with Crippen molar-refractivity contribution in [2.45, 2.75) is 6.92 Å². The number of H-pyrrole nitrogens is 1. The Morgan fingerprint density at radius 2 is 2.24 bits per heavy atom. The summed E-state index contributed by atoms with van der Waals surface area (Å²) in [7, 11) is 0. The van der Waals surface area contributed by atoms with Gasteiger partial charge in [-0.15, -0.1) is 4.99 Å². The van der Waals surface area contributed by atoms with Crippen LogP contribution in [-0.4, -0.2) is 21.8 Å². The van der Waals surface area contributed by atoms with Gasteiger partial charge in [-0.2, -0.15) is 10.2 Å². The first-order valence-corrected chi connectivity index (χ1v) is 4.74. The van der Waals surface area contributed by atoms with Gasteiger partial charge in [0.25, 0.3) is 0 Å². The smallest absolute Gasteiger partial charge is 0.383 e. The number of aliphatic imine (C=N–C) groups is 1. The SMILES string of the molecule is CC1=C[N+](Nc2ccnc(=O)[nH]2)C(=O)N=C1N. The summed E-state index contributed by atoms with van der Waals surface area (Å²) in [6.07, 6.45) is 2.81. The summed E-state index contributed by atoms with van der Waals surface area (Å²) in [6.45, 7) is 1.72. The van der Waals surface area contributed by atoms with E-state index in [9.17, 15) is 9.59 Å². The Bertz CT molecular complexity index is 573. The molecule has 1 aromatic heterocycles. The number of carbonyl (C=O) groups excluding carboxylic acids is 1. The molecule has 17 heavy (non-hydrogen) atoms. The highest BCUT2D eigenvalue weighted by molar-refractivity contribution is 6.06. The third-order valence-electron chi connectivity index (χ3n) is 2.06. The van der Waals surface area contributed by atoms with Crippen molar-refractivity contribution < 1.29 is 4.79 Å². The van der Waals surface area contributed by atoms with Gasteiger partial charge in [0.2, 0.25) is 0 Å². The zero-order chi connectivity index (χ0) is 12.4. The standard InChI is InChI=1S/C9H10N6O2/c1-5-4-15(9(17)13-7(5)10)14-6-2-3-11-8(16)12-6/h2-4H,1H3,(H2,10,13,17)(H2,11,12,14,16)/q+1. The average molecular weight is 234 g/mol. The van der Waals surface area contributed by atoms with E-state index in [0.717, 1.165) is 5.01 Å². The number of nitrogens with one attached hydrogen (secondary N) is 2. The number of aromatic nitrogens is 2. The normalized spacial score (nSPS) is 16.4. The predicted molar refractivity (Wildman–Crippen MR) is 61.4 cm³/mol. The van der Waals surface area contributed by atoms with Crippen molar-refractivity contribution in [1.82, 2.24) is 15.0 Å². The molecule has 2 rings (SSSR count). The largest absolute Gasteiger partial charge is 0.526 e. The highest BCUT2D eigenvalue weighted by Gasteiger charge is 2.30. The van der Waals surface area contributed by atoms with Crippen molar-refractivity contribution in [3.8, 4) is 0 Å². The lowest BCUT2D eigenvalue weighted by molar-refractivity contribution is 0.242. The van der Waals surface area contributed by atoms with Crippen LogP contribution in [0.3, 0.4) is 0 Å². The third-order valence-corrected chi connectivity index (χ3v) is 2.06. The van der Waals surface area contributed by atoms with Crippen molar-refractivity contribution in [3.63, 3.8) is 0 Å². The number of amidine groups is 1. The Morgan fingerprint density at radius 1 is 1.47 bits per heavy atom. The number of hydrogen-bond donors (Lipinski definition) is 3. The zero-order valence-electron chi connectivity index (χ0n) is 8.97. The van der Waals surface area contributed by atoms with Crippen LogP contribution in [0.2, 0.25) is 0 Å². The van der Waals surface area contributed by atoms with Crippen LogP contribution in [0.4, 0.5) is 10.6 Å². The number of hydrogen-bond acceptors (Lipinski definition) is 5. The number of carbonyl (C=O) groups is 1. The van der Waals surface area contributed by atoms with Crippen molar-refractivity contribution in [1.29, 1.82) is 0 Å². The molecule has 0 fully saturated rings. The van der Waals surface area contributed by atoms with Gasteiger partial charge in [-0.25, -0.2) is 9.78 Å². The van der Waals surface area contributed by atoms with Crippen molar-refractivity contribution >= 4 is 17.7 Å². The van der Waals surface area contributed by atoms with Crippen molar-refractivity contribution in [3.05, 3.63) is 34.5 Å². The molecular formula is C9H10N6O2+. The van der Waals surface area contributed by atoms with Gasteiger partial charge in [0.05, 0.1) is 10.6 Å². The highest BCUT2D eigenvalue weighted by Crippen LogP contribution is 2.07. The Labute approximate surface area is 95.8 Å². The lowest BCUT2D eigenvalue weighted by Gasteiger charge is -2.09. The molecule has 0 unspecified atom stereocenters. The van der Waals surface area contributed by atoms with Gasteiger partial charge in [-0.05, 0) is 6.92 Å². The fourth-order valence-electron chi connectivity index (χ4n) is 1.20. The van der Waals surface area contributed by atoms with Crippen LogP contribution in [0, 0.1) is 0 Å². The highest BCUT2D eigenvalue weighted by atomic mass is 16.2. The van der Waals surface area contributed by atoms with Gasteiger partial charge >= 0.3 is 11.7 Å². The fourth-order valence-corrected chi connectivity index (χ4v) is 1.20. The van der Waals surface area contributed by atoms with E-state index in [2.05, 4.69) is 20.4 Å². The summed E-state index contributed by atoms with van der Waals surface area (Å²) in [4.78, 5) is 31.9. The average Bonchev–Trinajstić information content (AvgIpc) is 2.26. The molecule has 0 aromatic carbocycles. The molecule has 0 bridgehead atoms. The maximum absolute atomic E-state index is 11.5. The number of amides is 2. The minimum atomic E-state index is -0.564. The molecule has 0 aliphatic carbocycles. The van der Waals surface area contributed by atoms with E-state index in [1.165, 1.54) is 18.5 Å². The molecule has 0 saturated heterocycles. The van der Waals surface area contributed by atoms with Crippen molar-refractivity contribution in [2.24, 2.45) is 10.7 Å². The molecule has 2 heterocycles. The molecule has 8 heteroatoms. The number of rotatable bonds is 2. The molecule has 2 amide bonds. The minimum Gasteiger partial charge on any atom is -0.383 e. The van der Waals surface area contributed by atoms with Gasteiger partial charge in [-0.1, -0.05) is 0 Å². The molecular weight excluding hydrogens is 224 g/mol. The first-order chi connectivity index (χ1) is 8.06. The first kappa shape index (κ1) is 11.0. The van der Waals surface area contributed by atoms with Crippen LogP contribution < -0.4 is 21.9 Å². The molecule has 1 aliphatic heterocycles. The summed E-state index contributed by atoms with van der Waals surface area (Å²) in [5.74, 6) is 0.509. The summed E-state index contributed by atoms with van der Waals surface area (Å²) in [5.41, 5.74) is 8.29. The second-order valence-corrected chi connectivity index (χ2v) is 3.36. The van der Waals surface area contributed by atoms with Gasteiger partial charge in [-0.3, -0.25) is 4.98 Å². The lowest BCUT2D eigenvalue weighted by Crippen LogP contribution is -2.41. The van der Waals surface area contributed by atoms with Gasteiger partial charge in [0, 0.05) is 12.3 Å². The van der Waals surface area contributed by atoms with E-state index in [0.29, 0.717) is 11.4 Å². The predicted octanol–water partition coefficient (Wildman–Crippen LogP) is -0.369. The monoisotopic (exact) mass is 234 g/mol. The van der Waals surface area contributed by atoms with Gasteiger partial charge in [0.15, 0.2) is 12.0 Å². The molecule has 1 aromatic rings. The summed E-state index contributed by atoms with van der Waals surface area (Å²) >= 11 is 0. The first-order valence-electron chi connectivity index (χ1n) is 4.74. The molecule has 1 radical (unpaired) electrons. The summed E-state index contributed by atoms with van der Waals surface area (Å²) < 4.78 is 0. The lowest BCUT2D eigenvalue weighted by atomic mass is 10.3. The van der Waals surface area contributed by atoms with E-state index in [-0.39, 0.29) is 5.84 Å². The van der Waals surface area contributed by atoms with E-state index in [1.807, 2.05) is 0 Å².